The number of methoxy groups -OCH3 is 1. The lowest BCUT2D eigenvalue weighted by Gasteiger charge is -2.16. The lowest BCUT2D eigenvalue weighted by molar-refractivity contribution is -0.123. The standard InChI is InChI=1S/C28H37FN2O4/c1-19(22-10-13-25(29)26(17-22)34-2)4-3-5-20-6-7-23(16-20)21-8-11-24(12-9-21)35-18-28(33)31-15-14-27(30)32/h8-13,17,19-20,23H,3-7,14-16,18H2,1-2H3,(H2,30,32)(H,31,33)/t19-,20-,23+/m0/s1. The van der Waals surface area contributed by atoms with Crippen LogP contribution in [0.4, 0.5) is 4.39 Å². The van der Waals surface area contributed by atoms with Gasteiger partial charge < -0.3 is 20.5 Å². The molecule has 1 saturated carbocycles. The molecule has 0 unspecified atom stereocenters. The fourth-order valence-corrected chi connectivity index (χ4v) is 4.86. The maximum absolute atomic E-state index is 13.7. The number of hydrogen-bond acceptors (Lipinski definition) is 4. The van der Waals surface area contributed by atoms with E-state index in [0.29, 0.717) is 23.3 Å². The van der Waals surface area contributed by atoms with E-state index < -0.39 is 5.91 Å². The molecule has 0 saturated heterocycles. The molecule has 0 radical (unpaired) electrons. The summed E-state index contributed by atoms with van der Waals surface area (Å²) in [5.74, 6) is 1.59. The van der Waals surface area contributed by atoms with Gasteiger partial charge in [-0.15, -0.1) is 0 Å². The van der Waals surface area contributed by atoms with E-state index in [1.807, 2.05) is 24.3 Å². The summed E-state index contributed by atoms with van der Waals surface area (Å²) in [6.07, 6.45) is 7.20. The highest BCUT2D eigenvalue weighted by Gasteiger charge is 2.25. The molecule has 2 aromatic carbocycles. The lowest BCUT2D eigenvalue weighted by Crippen LogP contribution is -2.31. The van der Waals surface area contributed by atoms with E-state index in [4.69, 9.17) is 15.2 Å². The van der Waals surface area contributed by atoms with E-state index in [2.05, 4.69) is 24.4 Å². The number of ether oxygens (including phenoxy) is 2. The summed E-state index contributed by atoms with van der Waals surface area (Å²) in [5, 5.41) is 2.60. The molecule has 3 atom stereocenters. The Morgan fingerprint density at radius 2 is 1.94 bits per heavy atom. The zero-order valence-electron chi connectivity index (χ0n) is 20.7. The molecule has 7 heteroatoms. The van der Waals surface area contributed by atoms with Gasteiger partial charge in [-0.1, -0.05) is 38.0 Å². The third kappa shape index (κ3) is 8.26. The van der Waals surface area contributed by atoms with Gasteiger partial charge in [-0.25, -0.2) is 4.39 Å². The Balaban J connectivity index is 1.37. The van der Waals surface area contributed by atoms with Gasteiger partial charge in [-0.2, -0.15) is 0 Å². The first-order valence-electron chi connectivity index (χ1n) is 12.5. The molecule has 0 aliphatic heterocycles. The molecule has 0 bridgehead atoms. The fraction of sp³-hybridized carbons (Fsp3) is 0.500. The minimum Gasteiger partial charge on any atom is -0.494 e. The molecule has 0 aromatic heterocycles. The van der Waals surface area contributed by atoms with E-state index in [9.17, 15) is 14.0 Å². The lowest BCUT2D eigenvalue weighted by atomic mass is 9.91. The molecule has 0 heterocycles. The molecule has 2 aromatic rings. The van der Waals surface area contributed by atoms with Crippen molar-refractivity contribution < 1.29 is 23.5 Å². The summed E-state index contributed by atoms with van der Waals surface area (Å²) >= 11 is 0. The van der Waals surface area contributed by atoms with Crippen LogP contribution in [0, 0.1) is 11.7 Å². The van der Waals surface area contributed by atoms with Crippen LogP contribution in [0.3, 0.4) is 0 Å². The molecular weight excluding hydrogens is 447 g/mol. The van der Waals surface area contributed by atoms with Crippen molar-refractivity contribution in [2.24, 2.45) is 11.7 Å². The highest BCUT2D eigenvalue weighted by Crippen LogP contribution is 2.41. The molecule has 1 fully saturated rings. The van der Waals surface area contributed by atoms with E-state index in [1.165, 1.54) is 44.4 Å². The van der Waals surface area contributed by atoms with Crippen molar-refractivity contribution in [3.8, 4) is 11.5 Å². The van der Waals surface area contributed by atoms with Gasteiger partial charge in [0, 0.05) is 13.0 Å². The van der Waals surface area contributed by atoms with E-state index in [0.717, 1.165) is 24.3 Å². The number of rotatable bonds is 13. The Labute approximate surface area is 207 Å². The van der Waals surface area contributed by atoms with E-state index in [1.54, 1.807) is 0 Å². The second-order valence-corrected chi connectivity index (χ2v) is 9.53. The van der Waals surface area contributed by atoms with Crippen LogP contribution in [-0.4, -0.2) is 32.1 Å². The van der Waals surface area contributed by atoms with Gasteiger partial charge in [0.1, 0.15) is 5.75 Å². The maximum Gasteiger partial charge on any atom is 0.257 e. The average Bonchev–Trinajstić information content (AvgIpc) is 3.32. The van der Waals surface area contributed by atoms with Crippen molar-refractivity contribution in [1.82, 2.24) is 5.32 Å². The Bertz CT molecular complexity index is 979. The molecule has 1 aliphatic rings. The smallest absolute Gasteiger partial charge is 0.257 e. The van der Waals surface area contributed by atoms with Gasteiger partial charge in [0.2, 0.25) is 5.91 Å². The van der Waals surface area contributed by atoms with Crippen molar-refractivity contribution in [3.63, 3.8) is 0 Å². The quantitative estimate of drug-likeness (QED) is 0.416. The number of carbonyl (C=O) groups excluding carboxylic acids is 2. The normalized spacial score (nSPS) is 18.1. The number of nitrogens with one attached hydrogen (secondary N) is 1. The Hall–Kier alpha value is -3.09. The van der Waals surface area contributed by atoms with Crippen LogP contribution in [0.1, 0.15) is 74.8 Å². The second-order valence-electron chi connectivity index (χ2n) is 9.53. The van der Waals surface area contributed by atoms with Gasteiger partial charge in [0.05, 0.1) is 7.11 Å². The first-order chi connectivity index (χ1) is 16.9. The summed E-state index contributed by atoms with van der Waals surface area (Å²) in [6, 6.07) is 13.2. The molecule has 0 spiro atoms. The second kappa shape index (κ2) is 13.1. The van der Waals surface area contributed by atoms with Gasteiger partial charge in [-0.05, 0) is 78.8 Å². The van der Waals surface area contributed by atoms with Crippen LogP contribution >= 0.6 is 0 Å². The first kappa shape index (κ1) is 26.5. The van der Waals surface area contributed by atoms with Crippen LogP contribution in [0.25, 0.3) is 0 Å². The van der Waals surface area contributed by atoms with Crippen LogP contribution < -0.4 is 20.5 Å². The number of carbonyl (C=O) groups is 2. The number of benzene rings is 2. The van der Waals surface area contributed by atoms with E-state index in [-0.39, 0.29) is 31.3 Å². The highest BCUT2D eigenvalue weighted by atomic mass is 19.1. The third-order valence-corrected chi connectivity index (χ3v) is 6.95. The largest absolute Gasteiger partial charge is 0.494 e. The van der Waals surface area contributed by atoms with Crippen LogP contribution in [-0.2, 0) is 9.59 Å². The highest BCUT2D eigenvalue weighted by molar-refractivity contribution is 5.79. The van der Waals surface area contributed by atoms with Gasteiger partial charge in [0.25, 0.3) is 5.91 Å². The molecular formula is C28H37FN2O4. The summed E-state index contributed by atoms with van der Waals surface area (Å²) in [4.78, 5) is 22.5. The predicted molar refractivity (Wildman–Crippen MR) is 134 cm³/mol. The maximum atomic E-state index is 13.7. The SMILES string of the molecule is COc1cc([C@@H](C)CCC[C@H]2CC[C@@H](c3ccc(OCC(=O)NCCC(N)=O)cc3)C2)ccc1F. The molecule has 6 nitrogen and oxygen atoms in total. The summed E-state index contributed by atoms with van der Waals surface area (Å²) in [5.41, 5.74) is 7.49. The van der Waals surface area contributed by atoms with Crippen molar-refractivity contribution in [1.29, 1.82) is 0 Å². The van der Waals surface area contributed by atoms with Crippen molar-refractivity contribution in [2.75, 3.05) is 20.3 Å². The Kier molecular flexibility index (Phi) is 9.94. The third-order valence-electron chi connectivity index (χ3n) is 6.95. The fourth-order valence-electron chi connectivity index (χ4n) is 4.86. The Morgan fingerprint density at radius 1 is 1.17 bits per heavy atom. The monoisotopic (exact) mass is 484 g/mol. The summed E-state index contributed by atoms with van der Waals surface area (Å²) in [7, 11) is 1.50. The summed E-state index contributed by atoms with van der Waals surface area (Å²) < 4.78 is 24.3. The number of primary amides is 1. The first-order valence-corrected chi connectivity index (χ1v) is 12.5. The number of amides is 2. The van der Waals surface area contributed by atoms with Crippen LogP contribution in [0.2, 0.25) is 0 Å². The average molecular weight is 485 g/mol. The van der Waals surface area contributed by atoms with Gasteiger partial charge in [0.15, 0.2) is 18.2 Å². The Morgan fingerprint density at radius 3 is 2.66 bits per heavy atom. The molecule has 190 valence electrons. The molecule has 35 heavy (non-hydrogen) atoms. The number of hydrogen-bond donors (Lipinski definition) is 2. The van der Waals surface area contributed by atoms with Crippen molar-refractivity contribution in [3.05, 3.63) is 59.4 Å². The van der Waals surface area contributed by atoms with Crippen molar-refractivity contribution in [2.45, 2.75) is 63.7 Å². The zero-order chi connectivity index (χ0) is 25.2. The van der Waals surface area contributed by atoms with Crippen molar-refractivity contribution >= 4 is 11.8 Å². The zero-order valence-corrected chi connectivity index (χ0v) is 20.7. The molecule has 3 rings (SSSR count). The molecule has 3 N–H and O–H groups in total. The molecule has 1 aliphatic carbocycles. The predicted octanol–water partition coefficient (Wildman–Crippen LogP) is 5.06. The number of nitrogens with two attached hydrogens (primary N) is 1. The van der Waals surface area contributed by atoms with E-state index >= 15 is 0 Å². The number of halogens is 1. The van der Waals surface area contributed by atoms with Gasteiger partial charge in [-0.3, -0.25) is 9.59 Å². The van der Waals surface area contributed by atoms with Crippen LogP contribution in [0.5, 0.6) is 11.5 Å². The van der Waals surface area contributed by atoms with Crippen LogP contribution in [0.15, 0.2) is 42.5 Å². The molecule has 2 amide bonds. The summed E-state index contributed by atoms with van der Waals surface area (Å²) in [6.45, 7) is 2.32. The minimum absolute atomic E-state index is 0.0905. The minimum atomic E-state index is -0.448. The van der Waals surface area contributed by atoms with Gasteiger partial charge >= 0.3 is 0 Å². The topological polar surface area (TPSA) is 90.7 Å².